The minimum absolute atomic E-state index is 0.0681. The summed E-state index contributed by atoms with van der Waals surface area (Å²) in [6.07, 6.45) is -4.66. The Hall–Kier alpha value is -2.59. The van der Waals surface area contributed by atoms with Crippen LogP contribution in [0, 0.1) is 0 Å². The van der Waals surface area contributed by atoms with E-state index in [4.69, 9.17) is 0 Å². The lowest BCUT2D eigenvalue weighted by Crippen LogP contribution is -2.43. The molecule has 0 saturated carbocycles. The van der Waals surface area contributed by atoms with Crippen molar-refractivity contribution < 1.29 is 26.4 Å². The molecule has 0 aliphatic rings. The highest BCUT2D eigenvalue weighted by atomic mass is 32.2. The SMILES string of the molecule is CC(CNC(=O)CNS(=O)(=O)c1cccc(C(F)(F)F)c1)N(C)c1ccccc1. The molecule has 0 aliphatic carbocycles. The summed E-state index contributed by atoms with van der Waals surface area (Å²) < 4.78 is 64.6. The van der Waals surface area contributed by atoms with Gasteiger partial charge in [-0.2, -0.15) is 13.2 Å². The molecule has 1 amide bonds. The predicted octanol–water partition coefficient (Wildman–Crippen LogP) is 2.62. The fraction of sp³-hybridized carbons (Fsp3) is 0.316. The number of hydrogen-bond acceptors (Lipinski definition) is 4. The Morgan fingerprint density at radius 1 is 1.10 bits per heavy atom. The Morgan fingerprint density at radius 3 is 2.38 bits per heavy atom. The largest absolute Gasteiger partial charge is 0.416 e. The van der Waals surface area contributed by atoms with Gasteiger partial charge in [0.1, 0.15) is 0 Å². The molecule has 2 N–H and O–H groups in total. The molecular formula is C19H22F3N3O3S. The number of anilines is 1. The van der Waals surface area contributed by atoms with E-state index in [0.29, 0.717) is 6.07 Å². The van der Waals surface area contributed by atoms with E-state index in [9.17, 15) is 26.4 Å². The molecule has 1 atom stereocenters. The highest BCUT2D eigenvalue weighted by Gasteiger charge is 2.31. The van der Waals surface area contributed by atoms with Gasteiger partial charge in [0.2, 0.25) is 15.9 Å². The number of halogens is 3. The Bertz CT molecular complexity index is 934. The second-order valence-corrected chi connectivity index (χ2v) is 8.22. The summed E-state index contributed by atoms with van der Waals surface area (Å²) in [5.74, 6) is -0.589. The van der Waals surface area contributed by atoms with Crippen molar-refractivity contribution >= 4 is 21.6 Å². The number of carbonyl (C=O) groups excluding carboxylic acids is 1. The van der Waals surface area contributed by atoms with Crippen molar-refractivity contribution in [1.29, 1.82) is 0 Å². The van der Waals surface area contributed by atoms with Gasteiger partial charge in [-0.15, -0.1) is 0 Å². The number of alkyl halides is 3. The monoisotopic (exact) mass is 429 g/mol. The smallest absolute Gasteiger partial charge is 0.370 e. The lowest BCUT2D eigenvalue weighted by molar-refractivity contribution is -0.137. The Balaban J connectivity index is 1.90. The summed E-state index contributed by atoms with van der Waals surface area (Å²) in [4.78, 5) is 13.4. The van der Waals surface area contributed by atoms with Gasteiger partial charge >= 0.3 is 6.18 Å². The average Bonchev–Trinajstić information content (AvgIpc) is 2.70. The molecule has 10 heteroatoms. The second kappa shape index (κ2) is 9.27. The fourth-order valence-electron chi connectivity index (χ4n) is 2.46. The molecular weight excluding hydrogens is 407 g/mol. The maximum atomic E-state index is 12.8. The van der Waals surface area contributed by atoms with E-state index in [1.807, 2.05) is 53.9 Å². The van der Waals surface area contributed by atoms with Gasteiger partial charge in [0.25, 0.3) is 0 Å². The molecule has 2 aromatic rings. The van der Waals surface area contributed by atoms with E-state index >= 15 is 0 Å². The van der Waals surface area contributed by atoms with Gasteiger partial charge < -0.3 is 10.2 Å². The van der Waals surface area contributed by atoms with Crippen LogP contribution < -0.4 is 14.9 Å². The molecule has 0 bridgehead atoms. The van der Waals surface area contributed by atoms with E-state index < -0.39 is 39.1 Å². The number of likely N-dealkylation sites (N-methyl/N-ethyl adjacent to an activating group) is 1. The lowest BCUT2D eigenvalue weighted by atomic mass is 10.2. The van der Waals surface area contributed by atoms with Crippen LogP contribution in [-0.4, -0.2) is 40.5 Å². The molecule has 2 rings (SSSR count). The Kier molecular flexibility index (Phi) is 7.26. The van der Waals surface area contributed by atoms with Crippen LogP contribution in [0.2, 0.25) is 0 Å². The van der Waals surface area contributed by atoms with Crippen molar-refractivity contribution in [2.75, 3.05) is 25.0 Å². The zero-order chi connectivity index (χ0) is 21.7. The number of rotatable bonds is 8. The van der Waals surface area contributed by atoms with Gasteiger partial charge in [-0.3, -0.25) is 4.79 Å². The molecule has 0 fully saturated rings. The van der Waals surface area contributed by atoms with E-state index in [-0.39, 0.29) is 12.6 Å². The van der Waals surface area contributed by atoms with Crippen LogP contribution in [0.5, 0.6) is 0 Å². The summed E-state index contributed by atoms with van der Waals surface area (Å²) >= 11 is 0. The minimum atomic E-state index is -4.66. The van der Waals surface area contributed by atoms with Crippen LogP contribution in [0.3, 0.4) is 0 Å². The molecule has 0 heterocycles. The summed E-state index contributed by atoms with van der Waals surface area (Å²) in [5.41, 5.74) is -0.123. The lowest BCUT2D eigenvalue weighted by Gasteiger charge is -2.27. The number of hydrogen-bond donors (Lipinski definition) is 2. The average molecular weight is 429 g/mol. The number of para-hydroxylation sites is 1. The van der Waals surface area contributed by atoms with Crippen LogP contribution in [0.4, 0.5) is 18.9 Å². The first-order valence-electron chi connectivity index (χ1n) is 8.72. The van der Waals surface area contributed by atoms with Gasteiger partial charge in [-0.1, -0.05) is 24.3 Å². The van der Waals surface area contributed by atoms with Crippen LogP contribution >= 0.6 is 0 Å². The number of sulfonamides is 1. The zero-order valence-corrected chi connectivity index (χ0v) is 16.7. The van der Waals surface area contributed by atoms with E-state index in [1.165, 1.54) is 0 Å². The van der Waals surface area contributed by atoms with Crippen molar-refractivity contribution in [3.63, 3.8) is 0 Å². The van der Waals surface area contributed by atoms with Gasteiger partial charge in [0.05, 0.1) is 17.0 Å². The summed E-state index contributed by atoms with van der Waals surface area (Å²) in [5, 5.41) is 2.61. The Labute approximate surface area is 167 Å². The Morgan fingerprint density at radius 2 is 1.76 bits per heavy atom. The van der Waals surface area contributed by atoms with E-state index in [2.05, 4.69) is 5.32 Å². The normalized spacial score (nSPS) is 13.0. The second-order valence-electron chi connectivity index (χ2n) is 6.45. The molecule has 158 valence electrons. The van der Waals surface area contributed by atoms with Crippen molar-refractivity contribution in [2.45, 2.75) is 24.0 Å². The number of carbonyl (C=O) groups is 1. The fourth-order valence-corrected chi connectivity index (χ4v) is 3.49. The third-order valence-electron chi connectivity index (χ3n) is 4.31. The van der Waals surface area contributed by atoms with E-state index in [1.54, 1.807) is 0 Å². The number of benzene rings is 2. The topological polar surface area (TPSA) is 78.5 Å². The number of amides is 1. The molecule has 0 aliphatic heterocycles. The number of nitrogens with one attached hydrogen (secondary N) is 2. The van der Waals surface area contributed by atoms with Crippen molar-refractivity contribution in [1.82, 2.24) is 10.0 Å². The van der Waals surface area contributed by atoms with Gasteiger partial charge in [0, 0.05) is 25.3 Å². The van der Waals surface area contributed by atoms with Crippen LogP contribution in [-0.2, 0) is 21.0 Å². The molecule has 1 unspecified atom stereocenters. The van der Waals surface area contributed by atoms with E-state index in [0.717, 1.165) is 23.9 Å². The minimum Gasteiger partial charge on any atom is -0.370 e. The molecule has 0 spiro atoms. The summed E-state index contributed by atoms with van der Waals surface area (Å²) in [6, 6.07) is 12.8. The molecule has 2 aromatic carbocycles. The molecule has 6 nitrogen and oxygen atoms in total. The quantitative estimate of drug-likeness (QED) is 0.676. The third-order valence-corrected chi connectivity index (χ3v) is 5.71. The van der Waals surface area contributed by atoms with Crippen LogP contribution in [0.1, 0.15) is 12.5 Å². The molecule has 0 aromatic heterocycles. The molecule has 0 saturated heterocycles. The maximum absolute atomic E-state index is 12.8. The molecule has 0 radical (unpaired) electrons. The summed E-state index contributed by atoms with van der Waals surface area (Å²) in [7, 11) is -2.39. The zero-order valence-electron chi connectivity index (χ0n) is 15.9. The van der Waals surface area contributed by atoms with Crippen LogP contribution in [0.25, 0.3) is 0 Å². The van der Waals surface area contributed by atoms with Crippen molar-refractivity contribution in [3.05, 3.63) is 60.2 Å². The summed E-state index contributed by atoms with van der Waals surface area (Å²) in [6.45, 7) is 1.57. The van der Waals surface area contributed by atoms with Gasteiger partial charge in [0.15, 0.2) is 0 Å². The van der Waals surface area contributed by atoms with Crippen molar-refractivity contribution in [3.8, 4) is 0 Å². The third kappa shape index (κ3) is 6.47. The number of nitrogens with zero attached hydrogens (tertiary/aromatic N) is 1. The molecule has 29 heavy (non-hydrogen) atoms. The predicted molar refractivity (Wildman–Crippen MR) is 104 cm³/mol. The van der Waals surface area contributed by atoms with Gasteiger partial charge in [-0.25, -0.2) is 13.1 Å². The van der Waals surface area contributed by atoms with Crippen molar-refractivity contribution in [2.24, 2.45) is 0 Å². The maximum Gasteiger partial charge on any atom is 0.416 e. The first-order valence-corrected chi connectivity index (χ1v) is 10.2. The van der Waals surface area contributed by atoms with Gasteiger partial charge in [-0.05, 0) is 37.3 Å². The first-order chi connectivity index (χ1) is 13.5. The standard InChI is InChI=1S/C19H22F3N3O3S/c1-14(25(2)16-8-4-3-5-9-16)12-23-18(26)13-24-29(27,28)17-10-6-7-15(11-17)19(20,21)22/h3-11,14,24H,12-13H2,1-2H3,(H,23,26). The first kappa shape index (κ1) is 22.7. The van der Waals surface area contributed by atoms with Crippen LogP contribution in [0.15, 0.2) is 59.5 Å². The highest BCUT2D eigenvalue weighted by Crippen LogP contribution is 2.30. The highest BCUT2D eigenvalue weighted by molar-refractivity contribution is 7.89.